The highest BCUT2D eigenvalue weighted by molar-refractivity contribution is 5.76. The van der Waals surface area contributed by atoms with Crippen LogP contribution in [-0.4, -0.2) is 12.9 Å². The molecule has 0 atom stereocenters. The van der Waals surface area contributed by atoms with Gasteiger partial charge in [0.2, 0.25) is 0 Å². The smallest absolute Gasteiger partial charge is 0.191 e. The van der Waals surface area contributed by atoms with Gasteiger partial charge in [0, 0.05) is 6.07 Å². The van der Waals surface area contributed by atoms with Crippen LogP contribution < -0.4 is 4.74 Å². The van der Waals surface area contributed by atoms with Gasteiger partial charge in [0.15, 0.2) is 23.7 Å². The Hall–Kier alpha value is -1.52. The molecule has 0 saturated heterocycles. The monoisotopic (exact) mass is 218 g/mol. The molecule has 5 heteroatoms. The lowest BCUT2D eigenvalue weighted by Crippen LogP contribution is -2.04. The average Bonchev–Trinajstić information content (AvgIpc) is 2.17. The maximum Gasteiger partial charge on any atom is 0.191 e. The van der Waals surface area contributed by atoms with Crippen LogP contribution in [0.3, 0.4) is 0 Å². The van der Waals surface area contributed by atoms with Crippen molar-refractivity contribution in [2.24, 2.45) is 0 Å². The van der Waals surface area contributed by atoms with Gasteiger partial charge in [-0.2, -0.15) is 0 Å². The van der Waals surface area contributed by atoms with Gasteiger partial charge in [-0.25, -0.2) is 13.2 Å². The van der Waals surface area contributed by atoms with Crippen LogP contribution in [0.15, 0.2) is 6.07 Å². The molecule has 1 rings (SSSR count). The van der Waals surface area contributed by atoms with Crippen LogP contribution in [0.25, 0.3) is 0 Å². The molecule has 0 saturated carbocycles. The Morgan fingerprint density at radius 3 is 2.53 bits per heavy atom. The highest BCUT2D eigenvalue weighted by Gasteiger charge is 2.19. The van der Waals surface area contributed by atoms with E-state index in [0.29, 0.717) is 12.5 Å². The Labute approximate surface area is 84.7 Å². The van der Waals surface area contributed by atoms with Crippen molar-refractivity contribution in [3.63, 3.8) is 0 Å². The molecule has 15 heavy (non-hydrogen) atoms. The van der Waals surface area contributed by atoms with Crippen molar-refractivity contribution < 1.29 is 22.7 Å². The minimum atomic E-state index is -1.30. The van der Waals surface area contributed by atoms with Gasteiger partial charge in [0.25, 0.3) is 0 Å². The van der Waals surface area contributed by atoms with E-state index in [2.05, 4.69) is 0 Å². The van der Waals surface area contributed by atoms with Gasteiger partial charge >= 0.3 is 0 Å². The van der Waals surface area contributed by atoms with E-state index in [-0.39, 0.29) is 12.9 Å². The van der Waals surface area contributed by atoms with E-state index < -0.39 is 28.8 Å². The Balaban J connectivity index is 3.19. The molecule has 0 unspecified atom stereocenters. The first-order valence-corrected chi connectivity index (χ1v) is 4.37. The molecule has 0 aliphatic heterocycles. The minimum Gasteiger partial charge on any atom is -0.488 e. The third-order valence-electron chi connectivity index (χ3n) is 1.73. The zero-order chi connectivity index (χ0) is 11.4. The van der Waals surface area contributed by atoms with Crippen LogP contribution in [0.2, 0.25) is 0 Å². The highest BCUT2D eigenvalue weighted by atomic mass is 19.1. The van der Waals surface area contributed by atoms with Crippen molar-refractivity contribution in [1.82, 2.24) is 0 Å². The predicted octanol–water partition coefficient (Wildman–Crippen LogP) is 2.71. The topological polar surface area (TPSA) is 26.3 Å². The molecule has 1 aromatic carbocycles. The number of hydrogen-bond acceptors (Lipinski definition) is 2. The quantitative estimate of drug-likeness (QED) is 0.726. The van der Waals surface area contributed by atoms with E-state index in [0.717, 1.165) is 0 Å². The summed E-state index contributed by atoms with van der Waals surface area (Å²) in [4.78, 5) is 10.3. The number of rotatable bonds is 4. The normalized spacial score (nSPS) is 10.1. The van der Waals surface area contributed by atoms with Crippen molar-refractivity contribution in [2.75, 3.05) is 6.61 Å². The summed E-state index contributed by atoms with van der Waals surface area (Å²) in [5.41, 5.74) is -0.817. The summed E-state index contributed by atoms with van der Waals surface area (Å²) in [7, 11) is 0. The molecule has 0 heterocycles. The Morgan fingerprint density at radius 1 is 1.33 bits per heavy atom. The van der Waals surface area contributed by atoms with E-state index in [1.54, 1.807) is 6.92 Å². The Morgan fingerprint density at radius 2 is 2.00 bits per heavy atom. The Bertz CT molecular complexity index is 377. The fourth-order valence-corrected chi connectivity index (χ4v) is 1.03. The van der Waals surface area contributed by atoms with Crippen LogP contribution in [0.1, 0.15) is 23.7 Å². The molecule has 1 aromatic rings. The van der Waals surface area contributed by atoms with Crippen molar-refractivity contribution in [2.45, 2.75) is 13.3 Å². The van der Waals surface area contributed by atoms with E-state index in [1.807, 2.05) is 0 Å². The number of carbonyl (C=O) groups is 1. The molecule has 0 aromatic heterocycles. The molecule has 0 bridgehead atoms. The van der Waals surface area contributed by atoms with Gasteiger partial charge in [-0.3, -0.25) is 4.79 Å². The van der Waals surface area contributed by atoms with E-state index >= 15 is 0 Å². The number of benzene rings is 1. The molecule has 0 spiro atoms. The number of halogens is 3. The molecule has 2 nitrogen and oxygen atoms in total. The van der Waals surface area contributed by atoms with Crippen LogP contribution in [-0.2, 0) is 0 Å². The molecule has 0 amide bonds. The maximum atomic E-state index is 13.3. The van der Waals surface area contributed by atoms with E-state index in [1.165, 1.54) is 0 Å². The lowest BCUT2D eigenvalue weighted by atomic mass is 10.2. The first-order chi connectivity index (χ1) is 7.11. The van der Waals surface area contributed by atoms with Crippen LogP contribution in [0, 0.1) is 17.5 Å². The molecule has 0 fully saturated rings. The van der Waals surface area contributed by atoms with Crippen molar-refractivity contribution in [1.29, 1.82) is 0 Å². The number of ether oxygens (including phenoxy) is 1. The molecular weight excluding hydrogens is 209 g/mol. The first kappa shape index (κ1) is 11.6. The van der Waals surface area contributed by atoms with E-state index in [9.17, 15) is 18.0 Å². The summed E-state index contributed by atoms with van der Waals surface area (Å²) in [6, 6.07) is 0.428. The lowest BCUT2D eigenvalue weighted by molar-refractivity contribution is 0.111. The van der Waals surface area contributed by atoms with Gasteiger partial charge in [0.1, 0.15) is 5.82 Å². The van der Waals surface area contributed by atoms with Gasteiger partial charge in [-0.05, 0) is 6.42 Å². The summed E-state index contributed by atoms with van der Waals surface area (Å²) in [6.45, 7) is 1.84. The fourth-order valence-electron chi connectivity index (χ4n) is 1.03. The second-order valence-electron chi connectivity index (χ2n) is 2.86. The summed E-state index contributed by atoms with van der Waals surface area (Å²) in [5, 5.41) is 0. The maximum absolute atomic E-state index is 13.3. The second kappa shape index (κ2) is 4.82. The Kier molecular flexibility index (Phi) is 3.71. The van der Waals surface area contributed by atoms with Crippen molar-refractivity contribution in [3.8, 4) is 5.75 Å². The molecule has 0 aliphatic carbocycles. The van der Waals surface area contributed by atoms with Crippen LogP contribution in [0.5, 0.6) is 5.75 Å². The molecule has 0 radical (unpaired) electrons. The van der Waals surface area contributed by atoms with Crippen LogP contribution >= 0.6 is 0 Å². The molecule has 0 aliphatic rings. The van der Waals surface area contributed by atoms with Gasteiger partial charge in [-0.1, -0.05) is 6.92 Å². The standard InChI is InChI=1S/C10H9F3O2/c1-2-3-15-10-8(12)4-7(11)6(5-14)9(10)13/h4-5H,2-3H2,1H3. The minimum absolute atomic E-state index is 0.0110. The predicted molar refractivity (Wildman–Crippen MR) is 47.5 cm³/mol. The molecule has 82 valence electrons. The van der Waals surface area contributed by atoms with Gasteiger partial charge < -0.3 is 4.74 Å². The zero-order valence-electron chi connectivity index (χ0n) is 8.02. The molecular formula is C10H9F3O2. The summed E-state index contributed by atoms with van der Waals surface area (Å²) in [5.74, 6) is -4.39. The average molecular weight is 218 g/mol. The highest BCUT2D eigenvalue weighted by Crippen LogP contribution is 2.26. The third-order valence-corrected chi connectivity index (χ3v) is 1.73. The largest absolute Gasteiger partial charge is 0.488 e. The first-order valence-electron chi connectivity index (χ1n) is 4.37. The van der Waals surface area contributed by atoms with E-state index in [4.69, 9.17) is 4.74 Å². The van der Waals surface area contributed by atoms with Crippen molar-refractivity contribution in [3.05, 3.63) is 29.1 Å². The number of hydrogen-bond donors (Lipinski definition) is 0. The number of aldehydes is 1. The van der Waals surface area contributed by atoms with Crippen LogP contribution in [0.4, 0.5) is 13.2 Å². The molecule has 0 N–H and O–H groups in total. The van der Waals surface area contributed by atoms with Crippen molar-refractivity contribution >= 4 is 6.29 Å². The number of carbonyl (C=O) groups excluding carboxylic acids is 1. The fraction of sp³-hybridized carbons (Fsp3) is 0.300. The summed E-state index contributed by atoms with van der Waals surface area (Å²) < 4.78 is 43.9. The summed E-state index contributed by atoms with van der Waals surface area (Å²) in [6.07, 6.45) is 0.537. The SMILES string of the molecule is CCCOc1c(F)cc(F)c(C=O)c1F. The second-order valence-corrected chi connectivity index (χ2v) is 2.86. The third kappa shape index (κ3) is 2.29. The zero-order valence-corrected chi connectivity index (χ0v) is 8.02. The lowest BCUT2D eigenvalue weighted by Gasteiger charge is -2.08. The summed E-state index contributed by atoms with van der Waals surface area (Å²) >= 11 is 0. The van der Waals surface area contributed by atoms with Gasteiger partial charge in [0.05, 0.1) is 12.2 Å². The van der Waals surface area contributed by atoms with Gasteiger partial charge in [-0.15, -0.1) is 0 Å².